The van der Waals surface area contributed by atoms with Gasteiger partial charge in [-0.2, -0.15) is 0 Å². The number of nitrogens with zero attached hydrogens (tertiary/aromatic N) is 2. The van der Waals surface area contributed by atoms with Crippen LogP contribution < -0.4 is 5.56 Å². The molecule has 1 aromatic carbocycles. The average Bonchev–Trinajstić information content (AvgIpc) is 3.39. The number of aromatic nitrogens is 3. The van der Waals surface area contributed by atoms with Crippen LogP contribution in [0, 0.1) is 0 Å². The van der Waals surface area contributed by atoms with Gasteiger partial charge in [-0.3, -0.25) is 9.69 Å². The van der Waals surface area contributed by atoms with Gasteiger partial charge < -0.3 is 9.97 Å². The van der Waals surface area contributed by atoms with Crippen molar-refractivity contribution in [1.82, 2.24) is 19.9 Å². The average molecular weight is 355 g/mol. The number of halogens is 1. The van der Waals surface area contributed by atoms with E-state index in [0.717, 1.165) is 65.4 Å². The van der Waals surface area contributed by atoms with E-state index in [2.05, 4.69) is 14.9 Å². The molecule has 0 radical (unpaired) electrons. The van der Waals surface area contributed by atoms with E-state index >= 15 is 0 Å². The summed E-state index contributed by atoms with van der Waals surface area (Å²) in [5.41, 5.74) is 4.15. The first kappa shape index (κ1) is 15.2. The molecule has 2 N–H and O–H groups in total. The van der Waals surface area contributed by atoms with Crippen molar-refractivity contribution < 1.29 is 0 Å². The van der Waals surface area contributed by atoms with Crippen molar-refractivity contribution in [1.29, 1.82) is 0 Å². The van der Waals surface area contributed by atoms with E-state index in [1.807, 2.05) is 24.4 Å². The predicted molar refractivity (Wildman–Crippen MR) is 98.0 cm³/mol. The van der Waals surface area contributed by atoms with Crippen molar-refractivity contribution in [2.24, 2.45) is 0 Å². The Kier molecular flexibility index (Phi) is 3.47. The molecule has 0 unspecified atom stereocenters. The Morgan fingerprint density at radius 1 is 1.32 bits per heavy atom. The number of hydrogen-bond acceptors (Lipinski definition) is 3. The second-order valence-corrected chi connectivity index (χ2v) is 7.55. The molecule has 0 amide bonds. The van der Waals surface area contributed by atoms with Crippen LogP contribution in [-0.4, -0.2) is 26.4 Å². The molecule has 2 aliphatic rings. The minimum atomic E-state index is 0.0403. The van der Waals surface area contributed by atoms with E-state index in [1.54, 1.807) is 0 Å². The summed E-state index contributed by atoms with van der Waals surface area (Å²) in [6.45, 7) is 2.36. The van der Waals surface area contributed by atoms with Crippen LogP contribution in [0.3, 0.4) is 0 Å². The number of nitrogens with one attached hydrogen (secondary N) is 2. The summed E-state index contributed by atoms with van der Waals surface area (Å²) in [6, 6.07) is 5.89. The van der Waals surface area contributed by atoms with E-state index in [-0.39, 0.29) is 5.56 Å². The number of aromatic amines is 2. The monoisotopic (exact) mass is 354 g/mol. The van der Waals surface area contributed by atoms with Crippen molar-refractivity contribution in [3.63, 3.8) is 0 Å². The maximum Gasteiger partial charge on any atom is 0.255 e. The maximum atomic E-state index is 12.5. The van der Waals surface area contributed by atoms with Gasteiger partial charge in [0.05, 0.1) is 11.3 Å². The SMILES string of the molecule is O=c1[nH]c(C2CC2)nc2c1CN(Cc1c[nH]c3ccc(Cl)cc13)CC2. The molecule has 5 rings (SSSR count). The third kappa shape index (κ3) is 2.77. The fourth-order valence-electron chi connectivity index (χ4n) is 3.71. The molecule has 25 heavy (non-hydrogen) atoms. The highest BCUT2D eigenvalue weighted by Gasteiger charge is 2.29. The van der Waals surface area contributed by atoms with Crippen molar-refractivity contribution in [3.05, 3.63) is 62.4 Å². The molecule has 0 atom stereocenters. The largest absolute Gasteiger partial charge is 0.361 e. The molecule has 0 spiro atoms. The van der Waals surface area contributed by atoms with E-state index in [4.69, 9.17) is 16.6 Å². The van der Waals surface area contributed by atoms with E-state index < -0.39 is 0 Å². The number of hydrogen-bond donors (Lipinski definition) is 2. The minimum absolute atomic E-state index is 0.0403. The topological polar surface area (TPSA) is 64.8 Å². The third-order valence-electron chi connectivity index (χ3n) is 5.25. The van der Waals surface area contributed by atoms with Crippen molar-refractivity contribution in [2.75, 3.05) is 6.54 Å². The van der Waals surface area contributed by atoms with Gasteiger partial charge in [-0.15, -0.1) is 0 Å². The van der Waals surface area contributed by atoms with Gasteiger partial charge >= 0.3 is 0 Å². The van der Waals surface area contributed by atoms with Crippen molar-refractivity contribution in [3.8, 4) is 0 Å². The predicted octanol–water partition coefficient (Wildman–Crippen LogP) is 3.34. The summed E-state index contributed by atoms with van der Waals surface area (Å²) in [5.74, 6) is 1.37. The van der Waals surface area contributed by atoms with Crippen molar-refractivity contribution in [2.45, 2.75) is 38.3 Å². The summed E-state index contributed by atoms with van der Waals surface area (Å²) >= 11 is 6.14. The summed E-state index contributed by atoms with van der Waals surface area (Å²) in [6.07, 6.45) is 5.17. The Balaban J connectivity index is 1.41. The second kappa shape index (κ2) is 5.71. The fourth-order valence-corrected chi connectivity index (χ4v) is 3.88. The molecule has 0 saturated heterocycles. The Morgan fingerprint density at radius 3 is 3.04 bits per heavy atom. The van der Waals surface area contributed by atoms with E-state index in [0.29, 0.717) is 12.5 Å². The van der Waals surface area contributed by atoms with Crippen LogP contribution in [0.4, 0.5) is 0 Å². The Labute approximate surface area is 150 Å². The quantitative estimate of drug-likeness (QED) is 0.758. The van der Waals surface area contributed by atoms with E-state index in [9.17, 15) is 4.79 Å². The lowest BCUT2D eigenvalue weighted by Gasteiger charge is -2.27. The molecular formula is C19H19ClN4O. The highest BCUT2D eigenvalue weighted by atomic mass is 35.5. The zero-order valence-electron chi connectivity index (χ0n) is 13.8. The van der Waals surface area contributed by atoms with Gasteiger partial charge in [0.2, 0.25) is 0 Å². The maximum absolute atomic E-state index is 12.5. The van der Waals surface area contributed by atoms with Gasteiger partial charge in [-0.25, -0.2) is 4.98 Å². The molecule has 2 aromatic heterocycles. The lowest BCUT2D eigenvalue weighted by molar-refractivity contribution is 0.242. The standard InChI is InChI=1S/C19H19ClN4O/c20-13-3-4-16-14(7-13)12(8-21-16)9-24-6-5-17-15(10-24)19(25)23-18(22-17)11-1-2-11/h3-4,7-8,11,21H,1-2,5-6,9-10H2,(H,22,23,25). The van der Waals surface area contributed by atoms with Gasteiger partial charge in [0.25, 0.3) is 5.56 Å². The summed E-state index contributed by atoms with van der Waals surface area (Å²) in [4.78, 5) is 25.8. The van der Waals surface area contributed by atoms with Crippen LogP contribution in [0.5, 0.6) is 0 Å². The molecule has 0 bridgehead atoms. The molecule has 3 aromatic rings. The van der Waals surface area contributed by atoms with Crippen LogP contribution in [0.2, 0.25) is 5.02 Å². The van der Waals surface area contributed by atoms with Crippen LogP contribution in [0.25, 0.3) is 10.9 Å². The molecule has 6 heteroatoms. The third-order valence-corrected chi connectivity index (χ3v) is 5.49. The number of H-pyrrole nitrogens is 2. The van der Waals surface area contributed by atoms with Crippen LogP contribution in [-0.2, 0) is 19.5 Å². The van der Waals surface area contributed by atoms with Gasteiger partial charge in [-0.1, -0.05) is 11.6 Å². The van der Waals surface area contributed by atoms with E-state index in [1.165, 1.54) is 5.56 Å². The lowest BCUT2D eigenvalue weighted by atomic mass is 10.1. The molecule has 1 aliphatic heterocycles. The number of fused-ring (bicyclic) bond motifs is 2. The van der Waals surface area contributed by atoms with Crippen LogP contribution in [0.1, 0.15) is 41.4 Å². The molecule has 5 nitrogen and oxygen atoms in total. The van der Waals surface area contributed by atoms with Gasteiger partial charge in [-0.05, 0) is 36.6 Å². The first-order chi connectivity index (χ1) is 12.2. The highest BCUT2D eigenvalue weighted by Crippen LogP contribution is 2.37. The number of rotatable bonds is 3. The highest BCUT2D eigenvalue weighted by molar-refractivity contribution is 6.31. The van der Waals surface area contributed by atoms with Gasteiger partial charge in [0, 0.05) is 54.1 Å². The first-order valence-electron chi connectivity index (χ1n) is 8.77. The van der Waals surface area contributed by atoms with Gasteiger partial charge in [0.1, 0.15) is 5.82 Å². The number of benzene rings is 1. The summed E-state index contributed by atoms with van der Waals surface area (Å²) in [5, 5.41) is 1.89. The molecule has 1 aliphatic carbocycles. The summed E-state index contributed by atoms with van der Waals surface area (Å²) < 4.78 is 0. The van der Waals surface area contributed by atoms with Gasteiger partial charge in [0.15, 0.2) is 0 Å². The molecular weight excluding hydrogens is 336 g/mol. The Hall–Kier alpha value is -2.11. The zero-order valence-corrected chi connectivity index (χ0v) is 14.6. The van der Waals surface area contributed by atoms with Crippen LogP contribution in [0.15, 0.2) is 29.2 Å². The molecule has 1 saturated carbocycles. The molecule has 128 valence electrons. The zero-order chi connectivity index (χ0) is 17.0. The second-order valence-electron chi connectivity index (χ2n) is 7.12. The molecule has 1 fully saturated rings. The summed E-state index contributed by atoms with van der Waals surface area (Å²) in [7, 11) is 0. The normalized spacial score (nSPS) is 17.8. The van der Waals surface area contributed by atoms with Crippen molar-refractivity contribution >= 4 is 22.5 Å². The smallest absolute Gasteiger partial charge is 0.255 e. The Morgan fingerprint density at radius 2 is 2.20 bits per heavy atom. The van der Waals surface area contributed by atoms with Crippen LogP contribution >= 0.6 is 11.6 Å². The first-order valence-corrected chi connectivity index (χ1v) is 9.15. The fraction of sp³-hybridized carbons (Fsp3) is 0.368. The minimum Gasteiger partial charge on any atom is -0.361 e. The lowest BCUT2D eigenvalue weighted by Crippen LogP contribution is -2.35. The molecule has 3 heterocycles. The Bertz CT molecular complexity index is 1020.